The molecule has 4 heteroatoms. The number of Topliss-reactive ketones (excluding diaryl/α,β-unsaturated/α-hetero) is 1. The molecule has 0 saturated carbocycles. The molecule has 23 heavy (non-hydrogen) atoms. The van der Waals surface area contributed by atoms with E-state index in [9.17, 15) is 4.79 Å². The second-order valence-corrected chi connectivity index (χ2v) is 6.06. The van der Waals surface area contributed by atoms with E-state index in [0.29, 0.717) is 17.7 Å². The fourth-order valence-corrected chi connectivity index (χ4v) is 3.25. The lowest BCUT2D eigenvalue weighted by molar-refractivity contribution is 0.101. The van der Waals surface area contributed by atoms with Crippen LogP contribution < -0.4 is 4.74 Å². The van der Waals surface area contributed by atoms with Crippen LogP contribution in [0.2, 0.25) is 0 Å². The molecule has 0 aliphatic rings. The molecule has 0 fully saturated rings. The van der Waals surface area contributed by atoms with Gasteiger partial charge in [-0.05, 0) is 43.7 Å². The maximum Gasteiger partial charge on any atom is 0.159 e. The van der Waals surface area contributed by atoms with Gasteiger partial charge in [0, 0.05) is 22.6 Å². The van der Waals surface area contributed by atoms with E-state index in [1.807, 2.05) is 43.3 Å². The van der Waals surface area contributed by atoms with Gasteiger partial charge in [0.15, 0.2) is 5.78 Å². The Bertz CT molecular complexity index is 734. The zero-order valence-electron chi connectivity index (χ0n) is 13.3. The van der Waals surface area contributed by atoms with Crippen LogP contribution in [0.5, 0.6) is 5.75 Å². The molecule has 0 bridgehead atoms. The highest BCUT2D eigenvalue weighted by Crippen LogP contribution is 2.27. The first-order valence-electron chi connectivity index (χ1n) is 7.48. The van der Waals surface area contributed by atoms with Crippen molar-refractivity contribution >= 4 is 17.5 Å². The molecule has 2 aromatic carbocycles. The summed E-state index contributed by atoms with van der Waals surface area (Å²) in [5.41, 5.74) is 3.45. The summed E-state index contributed by atoms with van der Waals surface area (Å²) in [6.45, 7) is 4.10. The maximum atomic E-state index is 11.6. The lowest BCUT2D eigenvalue weighted by atomic mass is 10.1. The Balaban J connectivity index is 2.11. The van der Waals surface area contributed by atoms with E-state index in [-0.39, 0.29) is 5.78 Å². The molecule has 2 aromatic rings. The SMILES string of the molecule is CCOc1ccc(C(C)=O)cc1CSCc1ccccc1C#N. The lowest BCUT2D eigenvalue weighted by Gasteiger charge is -2.11. The summed E-state index contributed by atoms with van der Waals surface area (Å²) < 4.78 is 5.64. The van der Waals surface area contributed by atoms with E-state index in [4.69, 9.17) is 10.00 Å². The first-order chi connectivity index (χ1) is 11.2. The zero-order valence-corrected chi connectivity index (χ0v) is 14.2. The predicted molar refractivity (Wildman–Crippen MR) is 93.8 cm³/mol. The van der Waals surface area contributed by atoms with Gasteiger partial charge in [-0.1, -0.05) is 18.2 Å². The van der Waals surface area contributed by atoms with Gasteiger partial charge in [0.1, 0.15) is 5.75 Å². The van der Waals surface area contributed by atoms with Gasteiger partial charge >= 0.3 is 0 Å². The molecular weight excluding hydrogens is 306 g/mol. The summed E-state index contributed by atoms with van der Waals surface area (Å²) in [4.78, 5) is 11.6. The number of hydrogen-bond donors (Lipinski definition) is 0. The number of carbonyl (C=O) groups excluding carboxylic acids is 1. The van der Waals surface area contributed by atoms with Crippen molar-refractivity contribution in [2.75, 3.05) is 6.61 Å². The molecule has 0 spiro atoms. The van der Waals surface area contributed by atoms with Gasteiger partial charge in [0.25, 0.3) is 0 Å². The lowest BCUT2D eigenvalue weighted by Crippen LogP contribution is -2.00. The molecule has 0 aliphatic heterocycles. The molecule has 0 atom stereocenters. The molecule has 0 radical (unpaired) electrons. The first-order valence-corrected chi connectivity index (χ1v) is 8.63. The number of ether oxygens (including phenoxy) is 1. The fourth-order valence-electron chi connectivity index (χ4n) is 2.23. The number of rotatable bonds is 7. The molecule has 0 aromatic heterocycles. The number of carbonyl (C=O) groups is 1. The van der Waals surface area contributed by atoms with Gasteiger partial charge in [0.2, 0.25) is 0 Å². The number of benzene rings is 2. The van der Waals surface area contributed by atoms with Crippen LogP contribution in [0.15, 0.2) is 42.5 Å². The van der Waals surface area contributed by atoms with Crippen molar-refractivity contribution in [1.82, 2.24) is 0 Å². The highest BCUT2D eigenvalue weighted by atomic mass is 32.2. The number of thioether (sulfide) groups is 1. The third-order valence-corrected chi connectivity index (χ3v) is 4.45. The molecule has 0 aliphatic carbocycles. The van der Waals surface area contributed by atoms with E-state index in [1.54, 1.807) is 24.8 Å². The van der Waals surface area contributed by atoms with Gasteiger partial charge < -0.3 is 4.74 Å². The predicted octanol–water partition coefficient (Wildman–Crippen LogP) is 4.59. The van der Waals surface area contributed by atoms with Crippen LogP contribution in [0, 0.1) is 11.3 Å². The minimum absolute atomic E-state index is 0.0501. The van der Waals surface area contributed by atoms with E-state index >= 15 is 0 Å². The highest BCUT2D eigenvalue weighted by Gasteiger charge is 2.09. The Morgan fingerprint density at radius 1 is 1.17 bits per heavy atom. The molecule has 0 unspecified atom stereocenters. The van der Waals surface area contributed by atoms with Gasteiger partial charge in [-0.3, -0.25) is 4.79 Å². The Morgan fingerprint density at radius 3 is 2.61 bits per heavy atom. The topological polar surface area (TPSA) is 50.1 Å². The number of nitrogens with zero attached hydrogens (tertiary/aromatic N) is 1. The third kappa shape index (κ3) is 4.61. The van der Waals surface area contributed by atoms with Gasteiger partial charge in [0.05, 0.1) is 18.2 Å². The van der Waals surface area contributed by atoms with Crippen molar-refractivity contribution in [1.29, 1.82) is 5.26 Å². The average molecular weight is 325 g/mol. The van der Waals surface area contributed by atoms with Gasteiger partial charge in [-0.15, -0.1) is 0 Å². The summed E-state index contributed by atoms with van der Waals surface area (Å²) in [5, 5.41) is 9.13. The molecule has 0 heterocycles. The van der Waals surface area contributed by atoms with Crippen LogP contribution in [0.4, 0.5) is 0 Å². The highest BCUT2D eigenvalue weighted by molar-refractivity contribution is 7.97. The van der Waals surface area contributed by atoms with Crippen molar-refractivity contribution in [2.24, 2.45) is 0 Å². The number of ketones is 1. The molecule has 0 amide bonds. The molecule has 0 N–H and O–H groups in total. The van der Waals surface area contributed by atoms with Crippen LogP contribution >= 0.6 is 11.8 Å². The van der Waals surface area contributed by atoms with Crippen LogP contribution in [0.3, 0.4) is 0 Å². The maximum absolute atomic E-state index is 11.6. The summed E-state index contributed by atoms with van der Waals surface area (Å²) in [7, 11) is 0. The van der Waals surface area contributed by atoms with Crippen molar-refractivity contribution in [3.8, 4) is 11.8 Å². The van der Waals surface area contributed by atoms with Crippen LogP contribution in [0.25, 0.3) is 0 Å². The molecule has 0 saturated heterocycles. The van der Waals surface area contributed by atoms with Crippen LogP contribution in [-0.2, 0) is 11.5 Å². The smallest absolute Gasteiger partial charge is 0.159 e. The van der Waals surface area contributed by atoms with Crippen LogP contribution in [0.1, 0.15) is 40.9 Å². The van der Waals surface area contributed by atoms with Gasteiger partial charge in [-0.2, -0.15) is 17.0 Å². The molecular formula is C19H19NO2S. The third-order valence-electron chi connectivity index (χ3n) is 3.42. The Morgan fingerprint density at radius 2 is 1.91 bits per heavy atom. The fraction of sp³-hybridized carbons (Fsp3) is 0.263. The summed E-state index contributed by atoms with van der Waals surface area (Å²) in [5.74, 6) is 2.35. The first kappa shape index (κ1) is 17.1. The second kappa shape index (κ2) is 8.40. The second-order valence-electron chi connectivity index (χ2n) is 5.07. The standard InChI is InChI=1S/C19H19NO2S/c1-3-22-19-9-8-15(14(2)21)10-18(19)13-23-12-17-7-5-4-6-16(17)11-20/h4-10H,3,12-13H2,1-2H3. The van der Waals surface area contributed by atoms with Crippen LogP contribution in [-0.4, -0.2) is 12.4 Å². The van der Waals surface area contributed by atoms with E-state index in [0.717, 1.165) is 28.4 Å². The minimum Gasteiger partial charge on any atom is -0.494 e. The minimum atomic E-state index is 0.0501. The Kier molecular flexibility index (Phi) is 6.25. The average Bonchev–Trinajstić information content (AvgIpc) is 2.56. The zero-order chi connectivity index (χ0) is 16.7. The summed E-state index contributed by atoms with van der Waals surface area (Å²) in [6, 6.07) is 15.4. The van der Waals surface area contributed by atoms with Gasteiger partial charge in [-0.25, -0.2) is 0 Å². The van der Waals surface area contributed by atoms with Crippen molar-refractivity contribution in [3.05, 3.63) is 64.7 Å². The van der Waals surface area contributed by atoms with Crippen molar-refractivity contribution in [2.45, 2.75) is 25.4 Å². The molecule has 3 nitrogen and oxygen atoms in total. The van der Waals surface area contributed by atoms with E-state index in [1.165, 1.54) is 0 Å². The van der Waals surface area contributed by atoms with Crippen molar-refractivity contribution < 1.29 is 9.53 Å². The summed E-state index contributed by atoms with van der Waals surface area (Å²) >= 11 is 1.71. The molecule has 118 valence electrons. The van der Waals surface area contributed by atoms with Crippen molar-refractivity contribution in [3.63, 3.8) is 0 Å². The number of hydrogen-bond acceptors (Lipinski definition) is 4. The molecule has 2 rings (SSSR count). The number of nitriles is 1. The van der Waals surface area contributed by atoms with E-state index in [2.05, 4.69) is 6.07 Å². The largest absolute Gasteiger partial charge is 0.494 e. The Hall–Kier alpha value is -2.25. The quantitative estimate of drug-likeness (QED) is 0.698. The normalized spacial score (nSPS) is 10.1. The monoisotopic (exact) mass is 325 g/mol. The van der Waals surface area contributed by atoms with E-state index < -0.39 is 0 Å². The Labute approximate surface area is 141 Å². The summed E-state index contributed by atoms with van der Waals surface area (Å²) in [6.07, 6.45) is 0.